The van der Waals surface area contributed by atoms with Crippen molar-refractivity contribution in [2.75, 3.05) is 11.9 Å². The van der Waals surface area contributed by atoms with Gasteiger partial charge in [0.05, 0.1) is 6.54 Å². The number of hydrogen-bond acceptors (Lipinski definition) is 5. The van der Waals surface area contributed by atoms with E-state index in [1.54, 1.807) is 0 Å². The number of amides is 1. The standard InChI is InChI=1S/C5H7N5O3/c6-4(11)2-7-3-1-8-9-5(3)10(12)13/h1,7H,2H2,(H2,6,11)(H,8,9). The summed E-state index contributed by atoms with van der Waals surface area (Å²) in [5.41, 5.74) is 4.98. The van der Waals surface area contributed by atoms with Crippen LogP contribution in [0.5, 0.6) is 0 Å². The van der Waals surface area contributed by atoms with E-state index in [0.717, 1.165) is 0 Å². The average molecular weight is 185 g/mol. The van der Waals surface area contributed by atoms with E-state index in [9.17, 15) is 14.9 Å². The summed E-state index contributed by atoms with van der Waals surface area (Å²) in [5, 5.41) is 18.4. The summed E-state index contributed by atoms with van der Waals surface area (Å²) in [7, 11) is 0. The minimum Gasteiger partial charge on any atom is -0.368 e. The average Bonchev–Trinajstić information content (AvgIpc) is 2.47. The van der Waals surface area contributed by atoms with E-state index in [2.05, 4.69) is 15.5 Å². The fourth-order valence-corrected chi connectivity index (χ4v) is 0.730. The van der Waals surface area contributed by atoms with Crippen molar-refractivity contribution in [2.24, 2.45) is 5.73 Å². The molecule has 0 aliphatic rings. The smallest absolute Gasteiger partial charge is 0.366 e. The Bertz CT molecular complexity index is 333. The van der Waals surface area contributed by atoms with Crippen molar-refractivity contribution >= 4 is 17.4 Å². The van der Waals surface area contributed by atoms with Crippen LogP contribution in [0.4, 0.5) is 11.5 Å². The molecule has 0 radical (unpaired) electrons. The lowest BCUT2D eigenvalue weighted by atomic mass is 10.5. The molecule has 0 aliphatic heterocycles. The lowest BCUT2D eigenvalue weighted by molar-refractivity contribution is -0.388. The van der Waals surface area contributed by atoms with Gasteiger partial charge in [-0.2, -0.15) is 0 Å². The first-order valence-electron chi connectivity index (χ1n) is 3.31. The van der Waals surface area contributed by atoms with E-state index >= 15 is 0 Å². The van der Waals surface area contributed by atoms with Crippen LogP contribution in [-0.2, 0) is 4.79 Å². The zero-order chi connectivity index (χ0) is 9.84. The van der Waals surface area contributed by atoms with Crippen LogP contribution >= 0.6 is 0 Å². The molecule has 0 aromatic carbocycles. The maximum atomic E-state index is 10.3. The Labute approximate surface area is 72.3 Å². The van der Waals surface area contributed by atoms with Gasteiger partial charge in [0.1, 0.15) is 6.20 Å². The molecule has 0 fully saturated rings. The number of rotatable bonds is 4. The van der Waals surface area contributed by atoms with Gasteiger partial charge in [0.25, 0.3) is 0 Å². The summed E-state index contributed by atoms with van der Waals surface area (Å²) in [5.74, 6) is -0.892. The number of primary amides is 1. The Morgan fingerprint density at radius 2 is 2.54 bits per heavy atom. The molecule has 0 atom stereocenters. The predicted octanol–water partition coefficient (Wildman–Crippen LogP) is -0.785. The molecule has 8 heteroatoms. The minimum atomic E-state index is -0.643. The van der Waals surface area contributed by atoms with E-state index in [1.165, 1.54) is 6.20 Å². The van der Waals surface area contributed by atoms with Gasteiger partial charge in [-0.15, -0.1) is 5.10 Å². The lowest BCUT2D eigenvalue weighted by Gasteiger charge is -1.98. The number of hydrogen-bond donors (Lipinski definition) is 3. The molecule has 0 aliphatic carbocycles. The lowest BCUT2D eigenvalue weighted by Crippen LogP contribution is -2.21. The van der Waals surface area contributed by atoms with Gasteiger partial charge in [-0.05, 0) is 4.92 Å². The first kappa shape index (κ1) is 8.97. The van der Waals surface area contributed by atoms with Crippen LogP contribution < -0.4 is 11.1 Å². The quantitative estimate of drug-likeness (QED) is 0.418. The fraction of sp³-hybridized carbons (Fsp3) is 0.200. The van der Waals surface area contributed by atoms with Crippen LogP contribution in [0.15, 0.2) is 6.20 Å². The zero-order valence-corrected chi connectivity index (χ0v) is 6.48. The summed E-state index contributed by atoms with van der Waals surface area (Å²) >= 11 is 0. The molecule has 1 aromatic rings. The Morgan fingerprint density at radius 3 is 3.08 bits per heavy atom. The van der Waals surface area contributed by atoms with Crippen molar-refractivity contribution in [3.8, 4) is 0 Å². The molecular weight excluding hydrogens is 178 g/mol. The van der Waals surface area contributed by atoms with Crippen LogP contribution in [0.25, 0.3) is 0 Å². The summed E-state index contributed by atoms with van der Waals surface area (Å²) < 4.78 is 0. The Morgan fingerprint density at radius 1 is 1.85 bits per heavy atom. The van der Waals surface area contributed by atoms with Gasteiger partial charge >= 0.3 is 5.82 Å². The summed E-state index contributed by atoms with van der Waals surface area (Å²) in [6.07, 6.45) is 1.21. The maximum Gasteiger partial charge on any atom is 0.366 e. The fourth-order valence-electron chi connectivity index (χ4n) is 0.730. The number of nitrogens with two attached hydrogens (primary N) is 1. The molecule has 70 valence electrons. The van der Waals surface area contributed by atoms with E-state index in [4.69, 9.17) is 5.73 Å². The SMILES string of the molecule is NC(=O)CNc1cn[nH]c1[N+](=O)[O-]. The molecule has 1 rings (SSSR count). The topological polar surface area (TPSA) is 127 Å². The Balaban J connectivity index is 2.71. The largest absolute Gasteiger partial charge is 0.368 e. The van der Waals surface area contributed by atoms with Gasteiger partial charge in [0, 0.05) is 0 Å². The number of carbonyl (C=O) groups is 1. The highest BCUT2D eigenvalue weighted by atomic mass is 16.6. The summed E-state index contributed by atoms with van der Waals surface area (Å²) in [4.78, 5) is 20.0. The van der Waals surface area contributed by atoms with Crippen LogP contribution in [0.3, 0.4) is 0 Å². The van der Waals surface area contributed by atoms with Crippen LogP contribution in [0.2, 0.25) is 0 Å². The third kappa shape index (κ3) is 2.15. The van der Waals surface area contributed by atoms with E-state index < -0.39 is 10.8 Å². The van der Waals surface area contributed by atoms with Gasteiger partial charge < -0.3 is 21.2 Å². The maximum absolute atomic E-state index is 10.3. The van der Waals surface area contributed by atoms with Gasteiger partial charge in [-0.1, -0.05) is 5.10 Å². The van der Waals surface area contributed by atoms with Crippen molar-refractivity contribution in [1.82, 2.24) is 10.2 Å². The molecule has 0 saturated heterocycles. The summed E-state index contributed by atoms with van der Waals surface area (Å²) in [6.45, 7) is -0.166. The monoisotopic (exact) mass is 185 g/mol. The number of carbonyl (C=O) groups excluding carboxylic acids is 1. The second-order valence-corrected chi connectivity index (χ2v) is 2.21. The third-order valence-electron chi connectivity index (χ3n) is 1.25. The molecule has 1 heterocycles. The first-order chi connectivity index (χ1) is 6.11. The van der Waals surface area contributed by atoms with Crippen molar-refractivity contribution in [2.45, 2.75) is 0 Å². The molecule has 8 nitrogen and oxygen atoms in total. The van der Waals surface area contributed by atoms with Crippen LogP contribution in [0.1, 0.15) is 0 Å². The predicted molar refractivity (Wildman–Crippen MR) is 42.9 cm³/mol. The number of anilines is 1. The minimum absolute atomic E-state index is 0.142. The molecule has 0 saturated carbocycles. The number of aromatic nitrogens is 2. The first-order valence-corrected chi connectivity index (χ1v) is 3.31. The molecule has 0 bridgehead atoms. The van der Waals surface area contributed by atoms with Gasteiger partial charge in [-0.3, -0.25) is 4.79 Å². The highest BCUT2D eigenvalue weighted by Crippen LogP contribution is 2.18. The van der Waals surface area contributed by atoms with Crippen molar-refractivity contribution in [3.05, 3.63) is 16.3 Å². The number of nitrogens with one attached hydrogen (secondary N) is 2. The van der Waals surface area contributed by atoms with Gasteiger partial charge in [-0.25, -0.2) is 0 Å². The van der Waals surface area contributed by atoms with Crippen LogP contribution in [0, 0.1) is 10.1 Å². The highest BCUT2D eigenvalue weighted by molar-refractivity contribution is 5.79. The van der Waals surface area contributed by atoms with E-state index in [-0.39, 0.29) is 18.1 Å². The van der Waals surface area contributed by atoms with Gasteiger partial charge in [0.15, 0.2) is 5.69 Å². The molecule has 0 spiro atoms. The second kappa shape index (κ2) is 3.52. The van der Waals surface area contributed by atoms with Gasteiger partial charge in [0.2, 0.25) is 5.91 Å². The van der Waals surface area contributed by atoms with E-state index in [1.807, 2.05) is 0 Å². The number of nitrogens with zero attached hydrogens (tertiary/aromatic N) is 2. The molecule has 13 heavy (non-hydrogen) atoms. The molecule has 4 N–H and O–H groups in total. The molecular formula is C5H7N5O3. The second-order valence-electron chi connectivity index (χ2n) is 2.21. The normalized spacial score (nSPS) is 9.54. The zero-order valence-electron chi connectivity index (χ0n) is 6.48. The molecule has 0 unspecified atom stereocenters. The Kier molecular flexibility index (Phi) is 2.43. The van der Waals surface area contributed by atoms with E-state index in [0.29, 0.717) is 0 Å². The molecule has 1 amide bonds. The van der Waals surface area contributed by atoms with Crippen molar-refractivity contribution in [1.29, 1.82) is 0 Å². The van der Waals surface area contributed by atoms with Crippen LogP contribution in [-0.4, -0.2) is 27.6 Å². The summed E-state index contributed by atoms with van der Waals surface area (Å²) in [6, 6.07) is 0. The Hall–Kier alpha value is -2.12. The third-order valence-corrected chi connectivity index (χ3v) is 1.25. The number of H-pyrrole nitrogens is 1. The highest BCUT2D eigenvalue weighted by Gasteiger charge is 2.14. The number of aromatic amines is 1. The van der Waals surface area contributed by atoms with Crippen molar-refractivity contribution < 1.29 is 9.72 Å². The molecule has 1 aromatic heterocycles. The van der Waals surface area contributed by atoms with Crippen molar-refractivity contribution in [3.63, 3.8) is 0 Å². The number of nitro groups is 1.